The largest absolute Gasteiger partial charge is 0.389 e. The normalized spacial score (nSPS) is 23.9. The molecular weight excluding hydrogens is 264 g/mol. The lowest BCUT2D eigenvalue weighted by molar-refractivity contribution is -0.126. The van der Waals surface area contributed by atoms with Crippen LogP contribution < -0.4 is 5.32 Å². The highest BCUT2D eigenvalue weighted by Crippen LogP contribution is 2.30. The van der Waals surface area contributed by atoms with Gasteiger partial charge in [-0.15, -0.1) is 0 Å². The minimum absolute atomic E-state index is 0.180. The average Bonchev–Trinajstić information content (AvgIpc) is 2.48. The fourth-order valence-corrected chi connectivity index (χ4v) is 3.67. The van der Waals surface area contributed by atoms with E-state index < -0.39 is 5.60 Å². The number of nitrogens with one attached hydrogen (secondary N) is 1. The van der Waals surface area contributed by atoms with Gasteiger partial charge in [-0.2, -0.15) is 0 Å². The first-order valence-electron chi connectivity index (χ1n) is 8.85. The molecule has 0 spiro atoms. The molecule has 2 N–H and O–H groups in total. The van der Waals surface area contributed by atoms with Gasteiger partial charge in [0, 0.05) is 19.0 Å². The molecule has 4 nitrogen and oxygen atoms in total. The molecule has 4 heteroatoms. The SMILES string of the molecule is CCCCNC(=O)C1CCN(CC2(O)CCCCC2)CC1. The molecule has 1 heterocycles. The standard InChI is InChI=1S/C17H32N2O2/c1-2-3-11-18-16(20)15-7-12-19(13-8-15)14-17(21)9-5-4-6-10-17/h15,21H,2-14H2,1H3,(H,18,20). The molecule has 0 aromatic rings. The summed E-state index contributed by atoms with van der Waals surface area (Å²) in [7, 11) is 0. The molecule has 21 heavy (non-hydrogen) atoms. The maximum absolute atomic E-state index is 12.1. The number of unbranched alkanes of at least 4 members (excludes halogenated alkanes) is 1. The highest BCUT2D eigenvalue weighted by molar-refractivity contribution is 5.78. The summed E-state index contributed by atoms with van der Waals surface area (Å²) >= 11 is 0. The van der Waals surface area contributed by atoms with Gasteiger partial charge >= 0.3 is 0 Å². The van der Waals surface area contributed by atoms with Gasteiger partial charge < -0.3 is 15.3 Å². The zero-order chi connectivity index (χ0) is 15.1. The number of hydrogen-bond donors (Lipinski definition) is 2. The molecular formula is C17H32N2O2. The second kappa shape index (κ2) is 8.14. The third-order valence-corrected chi connectivity index (χ3v) is 5.09. The Morgan fingerprint density at radius 3 is 2.52 bits per heavy atom. The summed E-state index contributed by atoms with van der Waals surface area (Å²) in [5, 5.41) is 13.7. The molecule has 2 rings (SSSR count). The first-order chi connectivity index (χ1) is 10.1. The Morgan fingerprint density at radius 1 is 1.24 bits per heavy atom. The van der Waals surface area contributed by atoms with E-state index in [0.717, 1.165) is 77.5 Å². The molecule has 0 bridgehead atoms. The number of rotatable bonds is 6. The van der Waals surface area contributed by atoms with Gasteiger partial charge in [0.25, 0.3) is 0 Å². The minimum atomic E-state index is -0.464. The molecule has 1 saturated heterocycles. The number of β-amino-alcohol motifs (C(OH)–C–C–N with tert-alkyl or cyclic N) is 1. The number of carbonyl (C=O) groups excluding carboxylic acids is 1. The third kappa shape index (κ3) is 5.26. The van der Waals surface area contributed by atoms with E-state index in [1.807, 2.05) is 0 Å². The first-order valence-corrected chi connectivity index (χ1v) is 8.85. The summed E-state index contributed by atoms with van der Waals surface area (Å²) in [4.78, 5) is 14.4. The van der Waals surface area contributed by atoms with Crippen LogP contribution in [0.1, 0.15) is 64.7 Å². The van der Waals surface area contributed by atoms with Gasteiger partial charge in [0.15, 0.2) is 0 Å². The van der Waals surface area contributed by atoms with Crippen LogP contribution >= 0.6 is 0 Å². The van der Waals surface area contributed by atoms with Crippen LogP contribution in [-0.2, 0) is 4.79 Å². The zero-order valence-corrected chi connectivity index (χ0v) is 13.6. The molecule has 1 amide bonds. The van der Waals surface area contributed by atoms with Gasteiger partial charge in [-0.3, -0.25) is 4.79 Å². The molecule has 0 atom stereocenters. The molecule has 0 aromatic carbocycles. The summed E-state index contributed by atoms with van der Waals surface area (Å²) in [6, 6.07) is 0. The topological polar surface area (TPSA) is 52.6 Å². The van der Waals surface area contributed by atoms with E-state index in [1.165, 1.54) is 6.42 Å². The highest BCUT2D eigenvalue weighted by atomic mass is 16.3. The highest BCUT2D eigenvalue weighted by Gasteiger charge is 2.33. The van der Waals surface area contributed by atoms with Crippen LogP contribution in [0.5, 0.6) is 0 Å². The lowest BCUT2D eigenvalue weighted by Gasteiger charge is -2.39. The Morgan fingerprint density at radius 2 is 1.90 bits per heavy atom. The maximum atomic E-state index is 12.1. The summed E-state index contributed by atoms with van der Waals surface area (Å²) in [5.74, 6) is 0.415. The first kappa shape index (κ1) is 16.8. The van der Waals surface area contributed by atoms with Crippen molar-refractivity contribution in [3.05, 3.63) is 0 Å². The van der Waals surface area contributed by atoms with Crippen LogP contribution in [0.15, 0.2) is 0 Å². The van der Waals surface area contributed by atoms with E-state index in [2.05, 4.69) is 17.1 Å². The Hall–Kier alpha value is -0.610. The summed E-state index contributed by atoms with van der Waals surface area (Å²) in [5.41, 5.74) is -0.464. The number of carbonyl (C=O) groups is 1. The lowest BCUT2D eigenvalue weighted by atomic mass is 9.84. The molecule has 0 radical (unpaired) electrons. The van der Waals surface area contributed by atoms with Crippen molar-refractivity contribution in [2.75, 3.05) is 26.2 Å². The van der Waals surface area contributed by atoms with Crippen LogP contribution in [0.2, 0.25) is 0 Å². The van der Waals surface area contributed by atoms with Crippen LogP contribution in [0.3, 0.4) is 0 Å². The second-order valence-electron chi connectivity index (χ2n) is 6.98. The minimum Gasteiger partial charge on any atom is -0.389 e. The molecule has 1 aliphatic carbocycles. The van der Waals surface area contributed by atoms with Crippen molar-refractivity contribution in [1.29, 1.82) is 0 Å². The summed E-state index contributed by atoms with van der Waals surface area (Å²) in [6.07, 6.45) is 9.55. The molecule has 2 aliphatic rings. The number of nitrogens with zero attached hydrogens (tertiary/aromatic N) is 1. The number of amides is 1. The van der Waals surface area contributed by atoms with Crippen LogP contribution in [0.4, 0.5) is 0 Å². The fourth-order valence-electron chi connectivity index (χ4n) is 3.67. The zero-order valence-electron chi connectivity index (χ0n) is 13.6. The van der Waals surface area contributed by atoms with Gasteiger partial charge in [0.2, 0.25) is 5.91 Å². The number of piperidine rings is 1. The predicted molar refractivity (Wildman–Crippen MR) is 85.1 cm³/mol. The van der Waals surface area contributed by atoms with E-state index in [1.54, 1.807) is 0 Å². The second-order valence-corrected chi connectivity index (χ2v) is 6.98. The smallest absolute Gasteiger partial charge is 0.223 e. The third-order valence-electron chi connectivity index (χ3n) is 5.09. The molecule has 0 aromatic heterocycles. The Bertz CT molecular complexity index is 319. The van der Waals surface area contributed by atoms with Crippen molar-refractivity contribution in [2.45, 2.75) is 70.3 Å². The van der Waals surface area contributed by atoms with E-state index >= 15 is 0 Å². The Balaban J connectivity index is 1.69. The number of likely N-dealkylation sites (tertiary alicyclic amines) is 1. The Labute approximate surface area is 129 Å². The van der Waals surface area contributed by atoms with Gasteiger partial charge in [0.05, 0.1) is 5.60 Å². The number of aliphatic hydroxyl groups is 1. The van der Waals surface area contributed by atoms with Crippen molar-refractivity contribution in [3.8, 4) is 0 Å². The van der Waals surface area contributed by atoms with Crippen molar-refractivity contribution in [1.82, 2.24) is 10.2 Å². The van der Waals surface area contributed by atoms with Crippen LogP contribution in [-0.4, -0.2) is 47.7 Å². The fraction of sp³-hybridized carbons (Fsp3) is 0.941. The van der Waals surface area contributed by atoms with Crippen LogP contribution in [0.25, 0.3) is 0 Å². The van der Waals surface area contributed by atoms with Gasteiger partial charge in [0.1, 0.15) is 0 Å². The molecule has 122 valence electrons. The Kier molecular flexibility index (Phi) is 6.49. The summed E-state index contributed by atoms with van der Waals surface area (Å²) < 4.78 is 0. The van der Waals surface area contributed by atoms with Crippen molar-refractivity contribution >= 4 is 5.91 Å². The average molecular weight is 296 g/mol. The molecule has 2 fully saturated rings. The quantitative estimate of drug-likeness (QED) is 0.740. The van der Waals surface area contributed by atoms with E-state index in [9.17, 15) is 9.90 Å². The van der Waals surface area contributed by atoms with Crippen molar-refractivity contribution in [3.63, 3.8) is 0 Å². The van der Waals surface area contributed by atoms with Gasteiger partial charge in [-0.1, -0.05) is 32.6 Å². The van der Waals surface area contributed by atoms with Gasteiger partial charge in [-0.05, 0) is 45.2 Å². The molecule has 0 unspecified atom stereocenters. The molecule has 1 saturated carbocycles. The van der Waals surface area contributed by atoms with E-state index in [-0.39, 0.29) is 11.8 Å². The van der Waals surface area contributed by atoms with Crippen LogP contribution in [0, 0.1) is 5.92 Å². The van der Waals surface area contributed by atoms with E-state index in [0.29, 0.717) is 0 Å². The van der Waals surface area contributed by atoms with Crippen molar-refractivity contribution in [2.24, 2.45) is 5.92 Å². The maximum Gasteiger partial charge on any atom is 0.223 e. The lowest BCUT2D eigenvalue weighted by Crippen LogP contribution is -2.48. The summed E-state index contributed by atoms with van der Waals surface area (Å²) in [6.45, 7) is 5.66. The monoisotopic (exact) mass is 296 g/mol. The molecule has 1 aliphatic heterocycles. The predicted octanol–water partition coefficient (Wildman–Crippen LogP) is 2.31. The van der Waals surface area contributed by atoms with Gasteiger partial charge in [-0.25, -0.2) is 0 Å². The number of hydrogen-bond acceptors (Lipinski definition) is 3. The van der Waals surface area contributed by atoms with E-state index in [4.69, 9.17) is 0 Å². The van der Waals surface area contributed by atoms with Crippen molar-refractivity contribution < 1.29 is 9.90 Å².